The Hall–Kier alpha value is -2.38. The minimum atomic E-state index is -1.64. The minimum Gasteiger partial charge on any atom is -0.0630 e. The number of hydrogen-bond acceptors (Lipinski definition) is 0. The highest BCUT2D eigenvalue weighted by molar-refractivity contribution is 7.07. The number of hydrogen-bond donors (Lipinski definition) is 0. The highest BCUT2D eigenvalue weighted by Gasteiger charge is 2.46. The fourth-order valence-electron chi connectivity index (χ4n) is 5.25. The summed E-state index contributed by atoms with van der Waals surface area (Å²) in [5, 5.41) is 3.36. The van der Waals surface area contributed by atoms with Gasteiger partial charge in [0.05, 0.1) is 0 Å². The van der Waals surface area contributed by atoms with Crippen molar-refractivity contribution in [3.05, 3.63) is 83.4 Å². The van der Waals surface area contributed by atoms with Crippen molar-refractivity contribution >= 4 is 18.5 Å². The molecule has 3 aromatic rings. The first kappa shape index (κ1) is 16.8. The summed E-state index contributed by atoms with van der Waals surface area (Å²) in [5.74, 6) is 0.635. The zero-order valence-electron chi connectivity index (χ0n) is 16.6. The predicted octanol–water partition coefficient (Wildman–Crippen LogP) is 6.45. The van der Waals surface area contributed by atoms with Crippen LogP contribution in [0.2, 0.25) is 13.1 Å². The molecule has 1 aliphatic carbocycles. The molecule has 2 bridgehead atoms. The second-order valence-corrected chi connectivity index (χ2v) is 13.1. The van der Waals surface area contributed by atoms with Crippen LogP contribution in [-0.4, -0.2) is 8.07 Å². The van der Waals surface area contributed by atoms with Crippen LogP contribution in [0.1, 0.15) is 25.0 Å². The fourth-order valence-corrected chi connectivity index (χ4v) is 8.99. The van der Waals surface area contributed by atoms with Crippen molar-refractivity contribution in [2.45, 2.75) is 33.4 Å². The van der Waals surface area contributed by atoms with E-state index in [2.05, 4.69) is 93.7 Å². The monoisotopic (exact) mass is 366 g/mol. The van der Waals surface area contributed by atoms with Gasteiger partial charge in [-0.05, 0) is 56.1 Å². The van der Waals surface area contributed by atoms with E-state index in [1.54, 1.807) is 27.1 Å². The molecule has 0 radical (unpaired) electrons. The van der Waals surface area contributed by atoms with Gasteiger partial charge < -0.3 is 0 Å². The van der Waals surface area contributed by atoms with Crippen LogP contribution in [0.15, 0.2) is 72.3 Å². The molecule has 2 aliphatic rings. The first-order chi connectivity index (χ1) is 13.0. The average molecular weight is 367 g/mol. The van der Waals surface area contributed by atoms with Crippen molar-refractivity contribution in [2.24, 2.45) is 5.92 Å². The normalized spacial score (nSPS) is 16.5. The van der Waals surface area contributed by atoms with Gasteiger partial charge in [0.15, 0.2) is 0 Å². The molecule has 134 valence electrons. The molecule has 27 heavy (non-hydrogen) atoms. The van der Waals surface area contributed by atoms with E-state index in [0.29, 0.717) is 5.92 Å². The number of benzene rings is 3. The molecule has 5 rings (SSSR count). The predicted molar refractivity (Wildman–Crippen MR) is 120 cm³/mol. The van der Waals surface area contributed by atoms with Gasteiger partial charge >= 0.3 is 0 Å². The lowest BCUT2D eigenvalue weighted by molar-refractivity contribution is 0.753. The average Bonchev–Trinajstić information content (AvgIpc) is 3.14. The third kappa shape index (κ3) is 2.28. The van der Waals surface area contributed by atoms with Crippen LogP contribution >= 0.6 is 0 Å². The van der Waals surface area contributed by atoms with Crippen LogP contribution in [0.25, 0.3) is 27.5 Å². The van der Waals surface area contributed by atoms with Gasteiger partial charge in [-0.2, -0.15) is 0 Å². The van der Waals surface area contributed by atoms with Gasteiger partial charge in [-0.15, -0.1) is 0 Å². The Labute approximate surface area is 163 Å². The van der Waals surface area contributed by atoms with Gasteiger partial charge in [0, 0.05) is 0 Å². The molecule has 0 fully saturated rings. The molecule has 0 saturated carbocycles. The molecular weight excluding hydrogens is 340 g/mol. The molecule has 0 atom stereocenters. The van der Waals surface area contributed by atoms with Crippen molar-refractivity contribution in [3.8, 4) is 22.3 Å². The van der Waals surface area contributed by atoms with E-state index in [1.807, 2.05) is 0 Å². The maximum absolute atomic E-state index is 2.55. The minimum absolute atomic E-state index is 0.635. The van der Waals surface area contributed by atoms with Crippen LogP contribution in [0, 0.1) is 5.92 Å². The lowest BCUT2D eigenvalue weighted by Gasteiger charge is -2.23. The molecular formula is C26H26Si. The summed E-state index contributed by atoms with van der Waals surface area (Å²) >= 11 is 0. The molecule has 0 spiro atoms. The summed E-state index contributed by atoms with van der Waals surface area (Å²) in [4.78, 5) is 0. The van der Waals surface area contributed by atoms with Crippen LogP contribution in [0.5, 0.6) is 0 Å². The molecule has 0 nitrogen and oxygen atoms in total. The molecule has 0 N–H and O–H groups in total. The van der Waals surface area contributed by atoms with Gasteiger partial charge in [-0.25, -0.2) is 0 Å². The number of rotatable bonds is 3. The largest absolute Gasteiger partial charge is 0.113 e. The van der Waals surface area contributed by atoms with Gasteiger partial charge in [0.25, 0.3) is 0 Å². The Morgan fingerprint density at radius 1 is 0.741 bits per heavy atom. The fraction of sp³-hybridized carbons (Fsp3) is 0.231. The second-order valence-electron chi connectivity index (χ2n) is 8.79. The van der Waals surface area contributed by atoms with Crippen molar-refractivity contribution in [1.82, 2.24) is 0 Å². The molecule has 1 aliphatic heterocycles. The van der Waals surface area contributed by atoms with E-state index in [-0.39, 0.29) is 0 Å². The topological polar surface area (TPSA) is 0 Å². The first-order valence-electron chi connectivity index (χ1n) is 10.0. The van der Waals surface area contributed by atoms with E-state index < -0.39 is 8.07 Å². The van der Waals surface area contributed by atoms with Crippen LogP contribution < -0.4 is 5.19 Å². The van der Waals surface area contributed by atoms with Gasteiger partial charge in [0.1, 0.15) is 8.07 Å². The Morgan fingerprint density at radius 2 is 1.41 bits per heavy atom. The molecule has 1 heteroatoms. The maximum atomic E-state index is 2.55. The Kier molecular flexibility index (Phi) is 3.61. The summed E-state index contributed by atoms with van der Waals surface area (Å²) in [6.07, 6.45) is 1.15. The molecule has 3 aromatic carbocycles. The molecule has 0 aromatic heterocycles. The molecule has 0 saturated heterocycles. The first-order valence-corrected chi connectivity index (χ1v) is 13.0. The van der Waals surface area contributed by atoms with E-state index in [0.717, 1.165) is 6.42 Å². The Bertz CT molecular complexity index is 1080. The molecule has 0 unspecified atom stereocenters. The van der Waals surface area contributed by atoms with Gasteiger partial charge in [-0.1, -0.05) is 99.2 Å². The maximum Gasteiger partial charge on any atom is 0.113 e. The third-order valence-corrected chi connectivity index (χ3v) is 10.1. The van der Waals surface area contributed by atoms with Crippen molar-refractivity contribution < 1.29 is 0 Å². The molecule has 1 heterocycles. The lowest BCUT2D eigenvalue weighted by Crippen LogP contribution is -2.40. The van der Waals surface area contributed by atoms with Crippen molar-refractivity contribution in [1.29, 1.82) is 0 Å². The lowest BCUT2D eigenvalue weighted by atomic mass is 9.91. The van der Waals surface area contributed by atoms with Crippen molar-refractivity contribution in [3.63, 3.8) is 0 Å². The van der Waals surface area contributed by atoms with E-state index >= 15 is 0 Å². The Balaban J connectivity index is 1.83. The van der Waals surface area contributed by atoms with E-state index in [9.17, 15) is 0 Å². The second kappa shape index (κ2) is 5.81. The van der Waals surface area contributed by atoms with Gasteiger partial charge in [-0.3, -0.25) is 0 Å². The van der Waals surface area contributed by atoms with E-state index in [4.69, 9.17) is 0 Å². The van der Waals surface area contributed by atoms with Crippen molar-refractivity contribution in [2.75, 3.05) is 0 Å². The highest BCUT2D eigenvalue weighted by Crippen LogP contribution is 2.51. The quantitative estimate of drug-likeness (QED) is 0.467. The number of fused-ring (bicyclic) bond motifs is 1. The van der Waals surface area contributed by atoms with Gasteiger partial charge in [0.2, 0.25) is 0 Å². The summed E-state index contributed by atoms with van der Waals surface area (Å²) < 4.78 is 0. The summed E-state index contributed by atoms with van der Waals surface area (Å²) in [6.45, 7) is 9.84. The van der Waals surface area contributed by atoms with Crippen LogP contribution in [0.4, 0.5) is 0 Å². The standard InChI is InChI=1S/C26H26Si/c1-17(2)22-16-19-14-15-23-25(24(19)26(22)27(23,3)4)21-13-9-8-12-20(21)18-10-6-5-7-11-18/h5-15,17H,16H2,1-4H3. The zero-order valence-corrected chi connectivity index (χ0v) is 17.6. The highest BCUT2D eigenvalue weighted by atomic mass is 28.3. The summed E-state index contributed by atoms with van der Waals surface area (Å²) in [7, 11) is -1.64. The SMILES string of the molecule is CC(C)C1=C2c3c(ccc(c3-c3ccccc3-c3ccccc3)[Si]2(C)C)C1. The van der Waals surface area contributed by atoms with Crippen LogP contribution in [0.3, 0.4) is 0 Å². The molecule has 0 amide bonds. The summed E-state index contributed by atoms with van der Waals surface area (Å²) in [6, 6.07) is 24.7. The smallest absolute Gasteiger partial charge is 0.0630 e. The Morgan fingerprint density at radius 3 is 2.11 bits per heavy atom. The van der Waals surface area contributed by atoms with Crippen LogP contribution in [-0.2, 0) is 6.42 Å². The number of allylic oxidation sites excluding steroid dienone is 1. The zero-order chi connectivity index (χ0) is 18.8. The van der Waals surface area contributed by atoms with E-state index in [1.165, 1.54) is 22.3 Å². The summed E-state index contributed by atoms with van der Waals surface area (Å²) in [5.41, 5.74) is 10.5. The third-order valence-electron chi connectivity index (χ3n) is 6.52.